The van der Waals surface area contributed by atoms with Crippen molar-refractivity contribution < 1.29 is 4.79 Å². The van der Waals surface area contributed by atoms with Gasteiger partial charge in [-0.25, -0.2) is 9.67 Å². The Labute approximate surface area is 129 Å². The first-order valence-electron chi connectivity index (χ1n) is 5.71. The lowest BCUT2D eigenvalue weighted by molar-refractivity contribution is 0.0949. The standard InChI is InChI=1S/C12H15N5O.2ClH/c1-13-7-8-14-12(18)10-4-2-5-11(16-10)17-9-3-6-15-17;;/h2-6,9,13H,7-8H2,1H3,(H,14,18);2*1H. The lowest BCUT2D eigenvalue weighted by Crippen LogP contribution is -2.31. The van der Waals surface area contributed by atoms with Crippen LogP contribution in [0, 0.1) is 0 Å². The zero-order chi connectivity index (χ0) is 12.8. The molecule has 0 saturated heterocycles. The van der Waals surface area contributed by atoms with Gasteiger partial charge >= 0.3 is 0 Å². The van der Waals surface area contributed by atoms with Gasteiger partial charge in [0.25, 0.3) is 5.91 Å². The maximum absolute atomic E-state index is 11.8. The quantitative estimate of drug-likeness (QED) is 0.809. The molecule has 0 aliphatic heterocycles. The first-order chi connectivity index (χ1) is 8.81. The van der Waals surface area contributed by atoms with Crippen molar-refractivity contribution in [3.63, 3.8) is 0 Å². The Morgan fingerprint density at radius 3 is 2.70 bits per heavy atom. The van der Waals surface area contributed by atoms with Gasteiger partial charge in [0, 0.05) is 25.5 Å². The Morgan fingerprint density at radius 1 is 1.25 bits per heavy atom. The fourth-order valence-corrected chi connectivity index (χ4v) is 1.47. The minimum atomic E-state index is -0.181. The molecule has 2 aromatic rings. The second kappa shape index (κ2) is 9.30. The van der Waals surface area contributed by atoms with Crippen molar-refractivity contribution in [1.29, 1.82) is 0 Å². The summed E-state index contributed by atoms with van der Waals surface area (Å²) in [5, 5.41) is 9.81. The van der Waals surface area contributed by atoms with Gasteiger partial charge in [0.15, 0.2) is 5.82 Å². The van der Waals surface area contributed by atoms with Crippen LogP contribution in [0.5, 0.6) is 0 Å². The second-order valence-corrected chi connectivity index (χ2v) is 3.69. The molecule has 1 amide bonds. The predicted molar refractivity (Wildman–Crippen MR) is 82.1 cm³/mol. The van der Waals surface area contributed by atoms with Gasteiger partial charge in [-0.05, 0) is 25.2 Å². The average molecular weight is 318 g/mol. The van der Waals surface area contributed by atoms with E-state index in [1.165, 1.54) is 0 Å². The van der Waals surface area contributed by atoms with Crippen LogP contribution in [0.15, 0.2) is 36.7 Å². The van der Waals surface area contributed by atoms with Crippen LogP contribution < -0.4 is 10.6 Å². The number of aromatic nitrogens is 3. The Kier molecular flexibility index (Phi) is 8.54. The third kappa shape index (κ3) is 4.80. The number of hydrogen-bond acceptors (Lipinski definition) is 4. The molecule has 0 aromatic carbocycles. The molecular weight excluding hydrogens is 301 g/mol. The van der Waals surface area contributed by atoms with Crippen LogP contribution in [0.25, 0.3) is 5.82 Å². The van der Waals surface area contributed by atoms with Crippen molar-refractivity contribution in [3.8, 4) is 5.82 Å². The number of halogens is 2. The van der Waals surface area contributed by atoms with E-state index in [2.05, 4.69) is 20.7 Å². The van der Waals surface area contributed by atoms with E-state index in [0.29, 0.717) is 18.1 Å². The predicted octanol–water partition coefficient (Wildman–Crippen LogP) is 1.06. The molecule has 2 aromatic heterocycles. The Morgan fingerprint density at radius 2 is 2.05 bits per heavy atom. The average Bonchev–Trinajstić information content (AvgIpc) is 2.93. The summed E-state index contributed by atoms with van der Waals surface area (Å²) in [5.41, 5.74) is 0.388. The molecule has 2 heterocycles. The maximum atomic E-state index is 11.8. The summed E-state index contributed by atoms with van der Waals surface area (Å²) in [5.74, 6) is 0.445. The molecule has 0 aliphatic rings. The monoisotopic (exact) mass is 317 g/mol. The molecule has 0 radical (unpaired) electrons. The fraction of sp³-hybridized carbons (Fsp3) is 0.250. The summed E-state index contributed by atoms with van der Waals surface area (Å²) in [6.45, 7) is 1.30. The minimum Gasteiger partial charge on any atom is -0.349 e. The van der Waals surface area contributed by atoms with E-state index in [1.54, 1.807) is 41.3 Å². The molecule has 0 bridgehead atoms. The van der Waals surface area contributed by atoms with Crippen LogP contribution in [0.2, 0.25) is 0 Å². The summed E-state index contributed by atoms with van der Waals surface area (Å²) in [4.78, 5) is 16.1. The third-order valence-corrected chi connectivity index (χ3v) is 2.37. The van der Waals surface area contributed by atoms with Crippen molar-refractivity contribution in [1.82, 2.24) is 25.4 Å². The molecule has 6 nitrogen and oxygen atoms in total. The number of nitrogens with zero attached hydrogens (tertiary/aromatic N) is 3. The van der Waals surface area contributed by atoms with E-state index in [0.717, 1.165) is 6.54 Å². The molecule has 8 heteroatoms. The topological polar surface area (TPSA) is 71.8 Å². The number of nitrogens with one attached hydrogen (secondary N) is 2. The smallest absolute Gasteiger partial charge is 0.270 e. The highest BCUT2D eigenvalue weighted by Gasteiger charge is 2.07. The van der Waals surface area contributed by atoms with Gasteiger partial charge in [0.05, 0.1) is 0 Å². The second-order valence-electron chi connectivity index (χ2n) is 3.69. The van der Waals surface area contributed by atoms with Gasteiger partial charge in [-0.2, -0.15) is 5.10 Å². The molecule has 110 valence electrons. The summed E-state index contributed by atoms with van der Waals surface area (Å²) >= 11 is 0. The number of pyridine rings is 1. The Balaban J connectivity index is 0.00000180. The third-order valence-electron chi connectivity index (χ3n) is 2.37. The van der Waals surface area contributed by atoms with Crippen LogP contribution in [-0.2, 0) is 0 Å². The van der Waals surface area contributed by atoms with Gasteiger partial charge < -0.3 is 10.6 Å². The number of hydrogen-bond donors (Lipinski definition) is 2. The normalized spacial score (nSPS) is 9.25. The SMILES string of the molecule is CNCCNC(=O)c1cccc(-n2cccn2)n1.Cl.Cl. The lowest BCUT2D eigenvalue weighted by atomic mass is 10.3. The van der Waals surface area contributed by atoms with Gasteiger partial charge in [-0.1, -0.05) is 6.07 Å². The van der Waals surface area contributed by atoms with Crippen LogP contribution in [0.3, 0.4) is 0 Å². The number of carbonyl (C=O) groups excluding carboxylic acids is 1. The molecule has 0 aliphatic carbocycles. The molecule has 20 heavy (non-hydrogen) atoms. The lowest BCUT2D eigenvalue weighted by Gasteiger charge is -2.05. The summed E-state index contributed by atoms with van der Waals surface area (Å²) < 4.78 is 1.62. The first kappa shape index (κ1) is 18.4. The summed E-state index contributed by atoms with van der Waals surface area (Å²) in [7, 11) is 1.84. The molecule has 0 atom stereocenters. The summed E-state index contributed by atoms with van der Waals surface area (Å²) in [6, 6.07) is 7.08. The minimum absolute atomic E-state index is 0. The highest BCUT2D eigenvalue weighted by Crippen LogP contribution is 2.04. The molecule has 0 spiro atoms. The molecule has 0 saturated carbocycles. The van der Waals surface area contributed by atoms with Crippen molar-refractivity contribution >= 4 is 30.7 Å². The largest absolute Gasteiger partial charge is 0.349 e. The van der Waals surface area contributed by atoms with Gasteiger partial charge in [-0.3, -0.25) is 4.79 Å². The van der Waals surface area contributed by atoms with Crippen molar-refractivity contribution in [3.05, 3.63) is 42.4 Å². The molecule has 2 rings (SSSR count). The van der Waals surface area contributed by atoms with Gasteiger partial charge in [-0.15, -0.1) is 24.8 Å². The Bertz CT molecular complexity index is 518. The summed E-state index contributed by atoms with van der Waals surface area (Å²) in [6.07, 6.45) is 3.45. The molecular formula is C12H17Cl2N5O. The van der Waals surface area contributed by atoms with Gasteiger partial charge in [0.1, 0.15) is 5.69 Å². The van der Waals surface area contributed by atoms with E-state index in [4.69, 9.17) is 0 Å². The van der Waals surface area contributed by atoms with E-state index in [-0.39, 0.29) is 30.7 Å². The zero-order valence-electron chi connectivity index (χ0n) is 10.9. The zero-order valence-corrected chi connectivity index (χ0v) is 12.6. The highest BCUT2D eigenvalue weighted by atomic mass is 35.5. The molecule has 0 fully saturated rings. The Hall–Kier alpha value is -1.63. The van der Waals surface area contributed by atoms with Crippen LogP contribution in [0.1, 0.15) is 10.5 Å². The van der Waals surface area contributed by atoms with Crippen LogP contribution in [0.4, 0.5) is 0 Å². The van der Waals surface area contributed by atoms with Crippen molar-refractivity contribution in [2.24, 2.45) is 0 Å². The number of rotatable bonds is 5. The van der Waals surface area contributed by atoms with E-state index in [1.807, 2.05) is 7.05 Å². The number of amides is 1. The van der Waals surface area contributed by atoms with Crippen molar-refractivity contribution in [2.75, 3.05) is 20.1 Å². The van der Waals surface area contributed by atoms with Crippen LogP contribution >= 0.6 is 24.8 Å². The first-order valence-corrected chi connectivity index (χ1v) is 5.71. The van der Waals surface area contributed by atoms with E-state index in [9.17, 15) is 4.79 Å². The molecule has 0 unspecified atom stereocenters. The van der Waals surface area contributed by atoms with Crippen molar-refractivity contribution in [2.45, 2.75) is 0 Å². The maximum Gasteiger partial charge on any atom is 0.270 e. The van der Waals surface area contributed by atoms with E-state index < -0.39 is 0 Å². The van der Waals surface area contributed by atoms with Gasteiger partial charge in [0.2, 0.25) is 0 Å². The number of likely N-dealkylation sites (N-methyl/N-ethyl adjacent to an activating group) is 1. The van der Waals surface area contributed by atoms with E-state index >= 15 is 0 Å². The molecule has 2 N–H and O–H groups in total. The fourth-order valence-electron chi connectivity index (χ4n) is 1.47. The highest BCUT2D eigenvalue weighted by molar-refractivity contribution is 5.92. The number of carbonyl (C=O) groups is 1. The van der Waals surface area contributed by atoms with Crippen LogP contribution in [-0.4, -0.2) is 40.8 Å².